The van der Waals surface area contributed by atoms with Gasteiger partial charge in [0.1, 0.15) is 0 Å². The maximum Gasteiger partial charge on any atom is 0.0696 e. The van der Waals surface area contributed by atoms with Crippen LogP contribution in [0.1, 0.15) is 16.7 Å². The molecule has 86 valence electrons. The van der Waals surface area contributed by atoms with Crippen LogP contribution >= 0.6 is 11.6 Å². The van der Waals surface area contributed by atoms with E-state index in [9.17, 15) is 0 Å². The summed E-state index contributed by atoms with van der Waals surface area (Å²) in [6, 6.07) is 15.7. The lowest BCUT2D eigenvalue weighted by Crippen LogP contribution is -1.84. The maximum absolute atomic E-state index is 9.01. The lowest BCUT2D eigenvalue weighted by molar-refractivity contribution is 0.282. The Balaban J connectivity index is 2.19. The zero-order chi connectivity index (χ0) is 12.1. The maximum atomic E-state index is 9.01. The van der Waals surface area contributed by atoms with Crippen LogP contribution in [0.2, 0.25) is 5.02 Å². The monoisotopic (exact) mass is 244 g/mol. The molecule has 0 bridgehead atoms. The van der Waals surface area contributed by atoms with Gasteiger partial charge in [0.05, 0.1) is 6.61 Å². The first kappa shape index (κ1) is 11.9. The molecule has 0 aromatic heterocycles. The molecule has 2 heteroatoms. The summed E-state index contributed by atoms with van der Waals surface area (Å²) in [7, 11) is 0. The molecule has 2 aromatic rings. The quantitative estimate of drug-likeness (QED) is 0.809. The highest BCUT2D eigenvalue weighted by Gasteiger charge is 1.98. The predicted molar refractivity (Wildman–Crippen MR) is 72.7 cm³/mol. The summed E-state index contributed by atoms with van der Waals surface area (Å²) < 4.78 is 0. The molecule has 0 spiro atoms. The van der Waals surface area contributed by atoms with Crippen molar-refractivity contribution >= 4 is 23.8 Å². The van der Waals surface area contributed by atoms with Crippen molar-refractivity contribution in [1.82, 2.24) is 0 Å². The summed E-state index contributed by atoms with van der Waals surface area (Å²) in [4.78, 5) is 0. The van der Waals surface area contributed by atoms with Gasteiger partial charge in [-0.3, -0.25) is 0 Å². The second kappa shape index (κ2) is 5.67. The van der Waals surface area contributed by atoms with E-state index in [0.717, 1.165) is 16.7 Å². The van der Waals surface area contributed by atoms with Crippen molar-refractivity contribution in [3.8, 4) is 0 Å². The second-order valence-corrected chi connectivity index (χ2v) is 4.16. The molecule has 2 aromatic carbocycles. The average Bonchev–Trinajstić information content (AvgIpc) is 2.38. The van der Waals surface area contributed by atoms with Crippen molar-refractivity contribution in [3.63, 3.8) is 0 Å². The first-order valence-corrected chi connectivity index (χ1v) is 5.80. The third-order valence-electron chi connectivity index (χ3n) is 2.52. The largest absolute Gasteiger partial charge is 0.392 e. The number of halogens is 1. The molecule has 0 radical (unpaired) electrons. The minimum absolute atomic E-state index is 0.0263. The SMILES string of the molecule is OCc1ccc(/C=C/c2ccccc2)cc1Cl. The van der Waals surface area contributed by atoms with Crippen molar-refractivity contribution in [1.29, 1.82) is 0 Å². The van der Waals surface area contributed by atoms with Gasteiger partial charge in [-0.25, -0.2) is 0 Å². The molecule has 17 heavy (non-hydrogen) atoms. The van der Waals surface area contributed by atoms with Gasteiger partial charge in [0.2, 0.25) is 0 Å². The average molecular weight is 245 g/mol. The zero-order valence-electron chi connectivity index (χ0n) is 9.31. The highest BCUT2D eigenvalue weighted by Crippen LogP contribution is 2.19. The van der Waals surface area contributed by atoms with Gasteiger partial charge in [-0.15, -0.1) is 0 Å². The Hall–Kier alpha value is -1.57. The summed E-state index contributed by atoms with van der Waals surface area (Å²) in [6.45, 7) is -0.0263. The van der Waals surface area contributed by atoms with Gasteiger partial charge in [0.25, 0.3) is 0 Å². The Morgan fingerprint density at radius 2 is 1.65 bits per heavy atom. The molecule has 0 unspecified atom stereocenters. The molecule has 0 saturated carbocycles. The highest BCUT2D eigenvalue weighted by molar-refractivity contribution is 6.31. The first-order chi connectivity index (χ1) is 8.29. The molecule has 1 N–H and O–H groups in total. The van der Waals surface area contributed by atoms with E-state index in [1.807, 2.05) is 60.7 Å². The molecule has 0 atom stereocenters. The standard InChI is InChI=1S/C15H13ClO/c16-15-10-13(8-9-14(15)11-17)7-6-12-4-2-1-3-5-12/h1-10,17H,11H2/b7-6+. The van der Waals surface area contributed by atoms with Gasteiger partial charge in [-0.05, 0) is 22.8 Å². The number of hydrogen-bond acceptors (Lipinski definition) is 1. The molecule has 0 aliphatic rings. The second-order valence-electron chi connectivity index (χ2n) is 3.75. The van der Waals surface area contributed by atoms with E-state index in [2.05, 4.69) is 0 Å². The molecular weight excluding hydrogens is 232 g/mol. The summed E-state index contributed by atoms with van der Waals surface area (Å²) in [5.41, 5.74) is 2.93. The normalized spacial score (nSPS) is 10.9. The number of rotatable bonds is 3. The number of aliphatic hydroxyl groups is 1. The zero-order valence-corrected chi connectivity index (χ0v) is 10.1. The van der Waals surface area contributed by atoms with Gasteiger partial charge in [-0.1, -0.05) is 66.2 Å². The van der Waals surface area contributed by atoms with Crippen LogP contribution in [0.5, 0.6) is 0 Å². The van der Waals surface area contributed by atoms with Crippen LogP contribution in [-0.2, 0) is 6.61 Å². The van der Waals surface area contributed by atoms with E-state index in [4.69, 9.17) is 16.7 Å². The van der Waals surface area contributed by atoms with Gasteiger partial charge in [0, 0.05) is 5.02 Å². The molecule has 0 amide bonds. The predicted octanol–water partition coefficient (Wildman–Crippen LogP) is 4.00. The van der Waals surface area contributed by atoms with E-state index in [1.165, 1.54) is 0 Å². The Morgan fingerprint density at radius 1 is 0.941 bits per heavy atom. The lowest BCUT2D eigenvalue weighted by Gasteiger charge is -2.01. The van der Waals surface area contributed by atoms with E-state index in [0.29, 0.717) is 5.02 Å². The minimum atomic E-state index is -0.0263. The Labute approximate surface area is 106 Å². The molecule has 1 nitrogen and oxygen atoms in total. The molecule has 0 aliphatic carbocycles. The van der Waals surface area contributed by atoms with Gasteiger partial charge in [-0.2, -0.15) is 0 Å². The fourth-order valence-electron chi connectivity index (χ4n) is 1.55. The summed E-state index contributed by atoms with van der Waals surface area (Å²) in [5.74, 6) is 0. The van der Waals surface area contributed by atoms with Gasteiger partial charge in [0.15, 0.2) is 0 Å². The van der Waals surface area contributed by atoms with Gasteiger partial charge < -0.3 is 5.11 Å². The number of aliphatic hydroxyl groups excluding tert-OH is 1. The van der Waals surface area contributed by atoms with Crippen molar-refractivity contribution in [2.45, 2.75) is 6.61 Å². The topological polar surface area (TPSA) is 20.2 Å². The Kier molecular flexibility index (Phi) is 3.97. The van der Waals surface area contributed by atoms with Crippen molar-refractivity contribution in [3.05, 3.63) is 70.2 Å². The number of benzene rings is 2. The van der Waals surface area contributed by atoms with E-state index in [1.54, 1.807) is 0 Å². The fourth-order valence-corrected chi connectivity index (χ4v) is 1.80. The van der Waals surface area contributed by atoms with Crippen LogP contribution in [0, 0.1) is 0 Å². The molecule has 0 aliphatic heterocycles. The van der Waals surface area contributed by atoms with Crippen molar-refractivity contribution in [2.24, 2.45) is 0 Å². The lowest BCUT2D eigenvalue weighted by atomic mass is 10.1. The first-order valence-electron chi connectivity index (χ1n) is 5.42. The Bertz CT molecular complexity index is 518. The van der Waals surface area contributed by atoms with Crippen LogP contribution in [0.4, 0.5) is 0 Å². The van der Waals surface area contributed by atoms with E-state index < -0.39 is 0 Å². The molecule has 0 saturated heterocycles. The molecule has 0 heterocycles. The molecule has 0 fully saturated rings. The van der Waals surface area contributed by atoms with Crippen LogP contribution in [-0.4, -0.2) is 5.11 Å². The van der Waals surface area contributed by atoms with Gasteiger partial charge >= 0.3 is 0 Å². The van der Waals surface area contributed by atoms with Crippen molar-refractivity contribution < 1.29 is 5.11 Å². The third-order valence-corrected chi connectivity index (χ3v) is 2.87. The van der Waals surface area contributed by atoms with Crippen LogP contribution in [0.15, 0.2) is 48.5 Å². The van der Waals surface area contributed by atoms with E-state index in [-0.39, 0.29) is 6.61 Å². The van der Waals surface area contributed by atoms with Crippen molar-refractivity contribution in [2.75, 3.05) is 0 Å². The van der Waals surface area contributed by atoms with E-state index >= 15 is 0 Å². The highest BCUT2D eigenvalue weighted by atomic mass is 35.5. The minimum Gasteiger partial charge on any atom is -0.392 e. The van der Waals surface area contributed by atoms with Crippen LogP contribution in [0.3, 0.4) is 0 Å². The fraction of sp³-hybridized carbons (Fsp3) is 0.0667. The van der Waals surface area contributed by atoms with Crippen LogP contribution in [0.25, 0.3) is 12.2 Å². The Morgan fingerprint density at radius 3 is 2.29 bits per heavy atom. The summed E-state index contributed by atoms with van der Waals surface area (Å²) >= 11 is 6.02. The number of hydrogen-bond donors (Lipinski definition) is 1. The smallest absolute Gasteiger partial charge is 0.0696 e. The molecular formula is C15H13ClO. The van der Waals surface area contributed by atoms with Crippen LogP contribution < -0.4 is 0 Å². The molecule has 2 rings (SSSR count). The summed E-state index contributed by atoms with van der Waals surface area (Å²) in [6.07, 6.45) is 4.03. The third kappa shape index (κ3) is 3.19. The summed E-state index contributed by atoms with van der Waals surface area (Å²) in [5, 5.41) is 9.61.